The fourth-order valence-electron chi connectivity index (χ4n) is 3.34. The Labute approximate surface area is 202 Å². The van der Waals surface area contributed by atoms with E-state index in [-0.39, 0.29) is 17.3 Å². The van der Waals surface area contributed by atoms with Crippen molar-refractivity contribution in [1.29, 1.82) is 0 Å². The number of hydrogen-bond acceptors (Lipinski definition) is 5. The minimum absolute atomic E-state index is 0.164. The Morgan fingerprint density at radius 2 is 1.82 bits per heavy atom. The van der Waals surface area contributed by atoms with E-state index in [1.807, 2.05) is 32.0 Å². The summed E-state index contributed by atoms with van der Waals surface area (Å²) >= 11 is 6.31. The summed E-state index contributed by atoms with van der Waals surface area (Å²) in [7, 11) is 0. The normalized spacial score (nSPS) is 10.6. The number of para-hydroxylation sites is 1. The largest absolute Gasteiger partial charge is 0.453 e. The Morgan fingerprint density at radius 3 is 2.53 bits per heavy atom. The van der Waals surface area contributed by atoms with Gasteiger partial charge in [0.25, 0.3) is 11.5 Å². The van der Waals surface area contributed by atoms with Crippen molar-refractivity contribution in [3.8, 4) is 17.2 Å². The molecule has 2 N–H and O–H groups in total. The van der Waals surface area contributed by atoms with Crippen LogP contribution in [0.25, 0.3) is 5.69 Å². The Bertz CT molecular complexity index is 1380. The van der Waals surface area contributed by atoms with Crippen molar-refractivity contribution in [3.63, 3.8) is 0 Å². The van der Waals surface area contributed by atoms with Crippen LogP contribution in [0.3, 0.4) is 0 Å². The van der Waals surface area contributed by atoms with Crippen molar-refractivity contribution < 1.29 is 9.53 Å². The van der Waals surface area contributed by atoms with Gasteiger partial charge in [-0.1, -0.05) is 35.9 Å². The topological polar surface area (TPSA) is 85.2 Å². The summed E-state index contributed by atoms with van der Waals surface area (Å²) in [5, 5.41) is 10.6. The van der Waals surface area contributed by atoms with Gasteiger partial charge < -0.3 is 15.4 Å². The van der Waals surface area contributed by atoms with E-state index in [1.165, 1.54) is 10.9 Å². The van der Waals surface area contributed by atoms with Gasteiger partial charge in [-0.3, -0.25) is 9.59 Å². The number of benzene rings is 3. The second-order valence-corrected chi connectivity index (χ2v) is 7.94. The van der Waals surface area contributed by atoms with E-state index in [2.05, 4.69) is 15.7 Å². The quantitative estimate of drug-likeness (QED) is 0.370. The van der Waals surface area contributed by atoms with Gasteiger partial charge >= 0.3 is 0 Å². The van der Waals surface area contributed by atoms with E-state index in [9.17, 15) is 9.59 Å². The molecule has 0 bridgehead atoms. The first-order valence-corrected chi connectivity index (χ1v) is 11.1. The first-order chi connectivity index (χ1) is 16.5. The molecule has 0 spiro atoms. The second-order valence-electron chi connectivity index (χ2n) is 7.53. The monoisotopic (exact) mass is 474 g/mol. The third-order valence-electron chi connectivity index (χ3n) is 4.99. The standard InChI is InChI=1S/C26H23ClN4O3/c1-3-28-25(32)18-11-13-19(14-12-18)30-24-23(34-20-8-6-7-17(2)15-20)16-29-31(26(24)33)22-10-5-4-9-21(22)27/h4-16,30H,3H2,1-2H3,(H,28,32). The second kappa shape index (κ2) is 10.2. The van der Waals surface area contributed by atoms with Crippen LogP contribution in [0.2, 0.25) is 5.02 Å². The average Bonchev–Trinajstić information content (AvgIpc) is 2.83. The maximum Gasteiger partial charge on any atom is 0.299 e. The number of rotatable bonds is 7. The van der Waals surface area contributed by atoms with Crippen LogP contribution >= 0.6 is 11.6 Å². The van der Waals surface area contributed by atoms with Crippen LogP contribution in [0.15, 0.2) is 83.8 Å². The summed E-state index contributed by atoms with van der Waals surface area (Å²) in [4.78, 5) is 25.6. The highest BCUT2D eigenvalue weighted by Crippen LogP contribution is 2.30. The maximum atomic E-state index is 13.5. The van der Waals surface area contributed by atoms with E-state index in [4.69, 9.17) is 16.3 Å². The van der Waals surface area contributed by atoms with Crippen LogP contribution in [0.4, 0.5) is 11.4 Å². The molecule has 4 aromatic rings. The Morgan fingerprint density at radius 1 is 1.06 bits per heavy atom. The summed E-state index contributed by atoms with van der Waals surface area (Å²) in [6.07, 6.45) is 1.47. The van der Waals surface area contributed by atoms with Crippen LogP contribution in [0.5, 0.6) is 11.5 Å². The van der Waals surface area contributed by atoms with E-state index in [0.29, 0.717) is 34.3 Å². The Kier molecular flexibility index (Phi) is 6.94. The zero-order valence-corrected chi connectivity index (χ0v) is 19.5. The molecule has 0 aliphatic carbocycles. The number of halogens is 1. The molecule has 0 aliphatic rings. The number of nitrogens with zero attached hydrogens (tertiary/aromatic N) is 2. The van der Waals surface area contributed by atoms with Crippen LogP contribution in [-0.4, -0.2) is 22.2 Å². The van der Waals surface area contributed by atoms with Crippen molar-refractivity contribution in [2.75, 3.05) is 11.9 Å². The van der Waals surface area contributed by atoms with Crippen LogP contribution in [0.1, 0.15) is 22.8 Å². The molecule has 4 rings (SSSR count). The van der Waals surface area contributed by atoms with Crippen molar-refractivity contribution in [1.82, 2.24) is 15.1 Å². The van der Waals surface area contributed by atoms with Gasteiger partial charge in [-0.05, 0) is 67.9 Å². The molecule has 0 unspecified atom stereocenters. The van der Waals surface area contributed by atoms with Gasteiger partial charge in [0.15, 0.2) is 11.4 Å². The van der Waals surface area contributed by atoms with E-state index in [1.54, 1.807) is 54.6 Å². The number of hydrogen-bond donors (Lipinski definition) is 2. The molecular weight excluding hydrogens is 452 g/mol. The molecule has 1 heterocycles. The summed E-state index contributed by atoms with van der Waals surface area (Å²) in [5.74, 6) is 0.667. The van der Waals surface area contributed by atoms with Gasteiger partial charge in [0, 0.05) is 17.8 Å². The number of nitrogens with one attached hydrogen (secondary N) is 2. The molecule has 34 heavy (non-hydrogen) atoms. The van der Waals surface area contributed by atoms with E-state index >= 15 is 0 Å². The molecule has 0 fully saturated rings. The highest BCUT2D eigenvalue weighted by atomic mass is 35.5. The lowest BCUT2D eigenvalue weighted by Gasteiger charge is -2.15. The zero-order chi connectivity index (χ0) is 24.1. The van der Waals surface area contributed by atoms with Crippen LogP contribution in [-0.2, 0) is 0 Å². The molecule has 0 aliphatic heterocycles. The zero-order valence-electron chi connectivity index (χ0n) is 18.7. The number of anilines is 2. The molecule has 7 nitrogen and oxygen atoms in total. The molecule has 3 aromatic carbocycles. The van der Waals surface area contributed by atoms with Crippen LogP contribution < -0.4 is 20.9 Å². The van der Waals surface area contributed by atoms with Gasteiger partial charge in [0.2, 0.25) is 0 Å². The van der Waals surface area contributed by atoms with Gasteiger partial charge in [-0.25, -0.2) is 0 Å². The number of aromatic nitrogens is 2. The number of amides is 1. The van der Waals surface area contributed by atoms with Crippen LogP contribution in [0, 0.1) is 6.92 Å². The lowest BCUT2D eigenvalue weighted by molar-refractivity contribution is 0.0956. The SMILES string of the molecule is CCNC(=O)c1ccc(Nc2c(Oc3cccc(C)c3)cnn(-c3ccccc3Cl)c2=O)cc1. The highest BCUT2D eigenvalue weighted by Gasteiger charge is 2.17. The predicted molar refractivity (Wildman–Crippen MR) is 134 cm³/mol. The summed E-state index contributed by atoms with van der Waals surface area (Å²) in [6.45, 7) is 4.35. The van der Waals surface area contributed by atoms with Crippen molar-refractivity contribution >= 4 is 28.9 Å². The Balaban J connectivity index is 1.75. The predicted octanol–water partition coefficient (Wildman–Crippen LogP) is 5.48. The van der Waals surface area contributed by atoms with E-state index in [0.717, 1.165) is 5.56 Å². The average molecular weight is 475 g/mol. The summed E-state index contributed by atoms with van der Waals surface area (Å²) in [5.41, 5.74) is 2.34. The Hall–Kier alpha value is -4.10. The molecule has 1 amide bonds. The van der Waals surface area contributed by atoms with Crippen molar-refractivity contribution in [2.45, 2.75) is 13.8 Å². The fourth-order valence-corrected chi connectivity index (χ4v) is 3.56. The fraction of sp³-hybridized carbons (Fsp3) is 0.115. The van der Waals surface area contributed by atoms with Gasteiger partial charge in [-0.15, -0.1) is 0 Å². The molecule has 0 radical (unpaired) electrons. The minimum Gasteiger partial charge on any atom is -0.453 e. The molecule has 0 atom stereocenters. The number of aryl methyl sites for hydroxylation is 1. The van der Waals surface area contributed by atoms with Gasteiger partial charge in [0.05, 0.1) is 16.9 Å². The van der Waals surface area contributed by atoms with Gasteiger partial charge in [-0.2, -0.15) is 9.78 Å². The molecule has 1 aromatic heterocycles. The van der Waals surface area contributed by atoms with Gasteiger partial charge in [0.1, 0.15) is 5.75 Å². The molecule has 172 valence electrons. The van der Waals surface area contributed by atoms with E-state index < -0.39 is 5.56 Å². The van der Waals surface area contributed by atoms with Crippen molar-refractivity contribution in [2.24, 2.45) is 0 Å². The molecular formula is C26H23ClN4O3. The lowest BCUT2D eigenvalue weighted by Crippen LogP contribution is -2.24. The molecule has 0 saturated heterocycles. The van der Waals surface area contributed by atoms with Crippen molar-refractivity contribution in [3.05, 3.63) is 105 Å². The minimum atomic E-state index is -0.439. The maximum absolute atomic E-state index is 13.5. The number of ether oxygens (including phenoxy) is 1. The summed E-state index contributed by atoms with van der Waals surface area (Å²) in [6, 6.07) is 21.3. The third kappa shape index (κ3) is 5.10. The highest BCUT2D eigenvalue weighted by molar-refractivity contribution is 6.32. The first kappa shape index (κ1) is 23.1. The molecule has 0 saturated carbocycles. The number of carbonyl (C=O) groups excluding carboxylic acids is 1. The smallest absolute Gasteiger partial charge is 0.299 e. The summed E-state index contributed by atoms with van der Waals surface area (Å²) < 4.78 is 7.24. The first-order valence-electron chi connectivity index (χ1n) is 10.7. The lowest BCUT2D eigenvalue weighted by atomic mass is 10.2. The number of carbonyl (C=O) groups is 1. The third-order valence-corrected chi connectivity index (χ3v) is 5.31. The molecule has 8 heteroatoms.